The third-order valence-electron chi connectivity index (χ3n) is 4.44. The topological polar surface area (TPSA) is 111 Å². The van der Waals surface area contributed by atoms with Gasteiger partial charge in [-0.3, -0.25) is 9.59 Å². The Balaban J connectivity index is 2.05. The maximum absolute atomic E-state index is 12.7. The van der Waals surface area contributed by atoms with Crippen LogP contribution in [0.1, 0.15) is 38.3 Å². The van der Waals surface area contributed by atoms with E-state index in [4.69, 9.17) is 10.5 Å². The number of hydrogen-bond acceptors (Lipinski definition) is 4. The molecule has 4 N–H and O–H groups in total. The molecule has 31 heavy (non-hydrogen) atoms. The molecule has 0 radical (unpaired) electrons. The first-order chi connectivity index (χ1) is 14.6. The fourth-order valence-electron chi connectivity index (χ4n) is 3.10. The van der Waals surface area contributed by atoms with Crippen molar-refractivity contribution in [3.05, 3.63) is 71.8 Å². The second-order valence-electron chi connectivity index (χ2n) is 8.45. The van der Waals surface area contributed by atoms with Gasteiger partial charge in [-0.25, -0.2) is 4.79 Å². The monoisotopic (exact) mass is 425 g/mol. The molecule has 3 amide bonds. The number of benzene rings is 2. The summed E-state index contributed by atoms with van der Waals surface area (Å²) < 4.78 is 5.33. The van der Waals surface area contributed by atoms with E-state index in [1.54, 1.807) is 20.8 Å². The third kappa shape index (κ3) is 9.33. The maximum atomic E-state index is 12.7. The van der Waals surface area contributed by atoms with Crippen LogP contribution in [0.3, 0.4) is 0 Å². The lowest BCUT2D eigenvalue weighted by Crippen LogP contribution is -2.48. The molecule has 7 nitrogen and oxygen atoms in total. The Hall–Kier alpha value is -3.35. The van der Waals surface area contributed by atoms with Crippen LogP contribution in [0, 0.1) is 0 Å². The van der Waals surface area contributed by atoms with E-state index in [1.807, 2.05) is 60.7 Å². The smallest absolute Gasteiger partial charge is 0.407 e. The summed E-state index contributed by atoms with van der Waals surface area (Å²) in [6, 6.07) is 17.5. The molecular weight excluding hydrogens is 394 g/mol. The van der Waals surface area contributed by atoms with Crippen molar-refractivity contribution >= 4 is 17.9 Å². The standard InChI is InChI=1S/C24H31N3O4/c1-24(2,3)31-23(30)26-19(14-17-10-6-4-7-11-17)16-21(28)27-20(22(25)29)15-18-12-8-5-9-13-18/h4-13,19-20H,14-16H2,1-3H3,(H2,25,29)(H,26,30)(H,27,28)/t19-,20-/m0/s1. The summed E-state index contributed by atoms with van der Waals surface area (Å²) in [7, 11) is 0. The van der Waals surface area contributed by atoms with E-state index in [9.17, 15) is 14.4 Å². The van der Waals surface area contributed by atoms with Crippen LogP contribution in [0.5, 0.6) is 0 Å². The van der Waals surface area contributed by atoms with Gasteiger partial charge in [0.05, 0.1) is 0 Å². The van der Waals surface area contributed by atoms with E-state index in [-0.39, 0.29) is 12.3 Å². The van der Waals surface area contributed by atoms with Crippen molar-refractivity contribution in [2.75, 3.05) is 0 Å². The minimum absolute atomic E-state index is 0.0211. The molecule has 0 spiro atoms. The van der Waals surface area contributed by atoms with Crippen molar-refractivity contribution in [2.24, 2.45) is 5.73 Å². The van der Waals surface area contributed by atoms with Crippen LogP contribution in [-0.4, -0.2) is 35.6 Å². The van der Waals surface area contributed by atoms with E-state index in [2.05, 4.69) is 10.6 Å². The molecule has 0 heterocycles. The number of ether oxygens (including phenoxy) is 1. The Morgan fingerprint density at radius 1 is 0.871 bits per heavy atom. The highest BCUT2D eigenvalue weighted by Gasteiger charge is 2.24. The molecule has 0 aliphatic heterocycles. The Morgan fingerprint density at radius 3 is 1.87 bits per heavy atom. The fourth-order valence-corrected chi connectivity index (χ4v) is 3.10. The first-order valence-electron chi connectivity index (χ1n) is 10.3. The number of nitrogens with two attached hydrogens (primary N) is 1. The van der Waals surface area contributed by atoms with Crippen molar-refractivity contribution in [3.8, 4) is 0 Å². The van der Waals surface area contributed by atoms with E-state index in [0.717, 1.165) is 11.1 Å². The Bertz CT molecular complexity index is 863. The van der Waals surface area contributed by atoms with Gasteiger partial charge < -0.3 is 21.1 Å². The molecule has 0 aliphatic rings. The molecular formula is C24H31N3O4. The molecule has 0 unspecified atom stereocenters. The highest BCUT2D eigenvalue weighted by molar-refractivity contribution is 5.87. The highest BCUT2D eigenvalue weighted by Crippen LogP contribution is 2.11. The van der Waals surface area contributed by atoms with Gasteiger partial charge in [0.25, 0.3) is 0 Å². The number of carbonyl (C=O) groups is 3. The molecule has 2 aromatic carbocycles. The van der Waals surface area contributed by atoms with E-state index < -0.39 is 29.7 Å². The summed E-state index contributed by atoms with van der Waals surface area (Å²) in [5.41, 5.74) is 6.69. The Kier molecular flexibility index (Phi) is 8.61. The molecule has 2 rings (SSSR count). The molecule has 7 heteroatoms. The molecule has 0 saturated carbocycles. The largest absolute Gasteiger partial charge is 0.444 e. The first-order valence-corrected chi connectivity index (χ1v) is 10.3. The number of nitrogens with one attached hydrogen (secondary N) is 2. The van der Waals surface area contributed by atoms with Crippen LogP contribution in [0.25, 0.3) is 0 Å². The van der Waals surface area contributed by atoms with Crippen LogP contribution in [0.15, 0.2) is 60.7 Å². The van der Waals surface area contributed by atoms with Gasteiger partial charge >= 0.3 is 6.09 Å². The highest BCUT2D eigenvalue weighted by atomic mass is 16.6. The molecule has 0 aliphatic carbocycles. The quantitative estimate of drug-likeness (QED) is 0.574. The molecule has 0 bridgehead atoms. The zero-order valence-corrected chi connectivity index (χ0v) is 18.3. The first kappa shape index (κ1) is 23.9. The minimum atomic E-state index is -0.839. The van der Waals surface area contributed by atoms with Crippen LogP contribution < -0.4 is 16.4 Å². The Labute approximate surface area is 183 Å². The zero-order chi connectivity index (χ0) is 22.9. The summed E-state index contributed by atoms with van der Waals surface area (Å²) >= 11 is 0. The average Bonchev–Trinajstić information content (AvgIpc) is 2.67. The SMILES string of the molecule is CC(C)(C)OC(=O)N[C@H](CC(=O)N[C@@H](Cc1ccccc1)C(N)=O)Cc1ccccc1. The summed E-state index contributed by atoms with van der Waals surface area (Å²) in [5.74, 6) is -0.992. The number of rotatable bonds is 9. The van der Waals surface area contributed by atoms with Gasteiger partial charge in [0.15, 0.2) is 0 Å². The van der Waals surface area contributed by atoms with E-state index in [1.165, 1.54) is 0 Å². The minimum Gasteiger partial charge on any atom is -0.444 e. The number of alkyl carbamates (subject to hydrolysis) is 1. The summed E-state index contributed by atoms with van der Waals surface area (Å²) in [6.45, 7) is 5.31. The van der Waals surface area contributed by atoms with E-state index >= 15 is 0 Å². The van der Waals surface area contributed by atoms with Crippen molar-refractivity contribution in [3.63, 3.8) is 0 Å². The number of hydrogen-bond donors (Lipinski definition) is 3. The second kappa shape index (κ2) is 11.2. The fraction of sp³-hybridized carbons (Fsp3) is 0.375. The number of carbonyl (C=O) groups excluding carboxylic acids is 3. The van der Waals surface area contributed by atoms with Crippen molar-refractivity contribution in [2.45, 2.75) is 57.7 Å². The van der Waals surface area contributed by atoms with Gasteiger partial charge in [-0.2, -0.15) is 0 Å². The van der Waals surface area contributed by atoms with Crippen LogP contribution >= 0.6 is 0 Å². The van der Waals surface area contributed by atoms with Crippen molar-refractivity contribution in [1.29, 1.82) is 0 Å². The van der Waals surface area contributed by atoms with Crippen LogP contribution in [-0.2, 0) is 27.2 Å². The van der Waals surface area contributed by atoms with Gasteiger partial charge in [-0.1, -0.05) is 60.7 Å². The lowest BCUT2D eigenvalue weighted by molar-refractivity contribution is -0.127. The molecule has 0 aromatic heterocycles. The maximum Gasteiger partial charge on any atom is 0.407 e. The predicted octanol–water partition coefficient (Wildman–Crippen LogP) is 2.73. The van der Waals surface area contributed by atoms with Crippen LogP contribution in [0.2, 0.25) is 0 Å². The van der Waals surface area contributed by atoms with Crippen LogP contribution in [0.4, 0.5) is 4.79 Å². The van der Waals surface area contributed by atoms with Gasteiger partial charge in [0.1, 0.15) is 11.6 Å². The van der Waals surface area contributed by atoms with Gasteiger partial charge in [0.2, 0.25) is 11.8 Å². The van der Waals surface area contributed by atoms with Gasteiger partial charge in [-0.15, -0.1) is 0 Å². The second-order valence-corrected chi connectivity index (χ2v) is 8.45. The van der Waals surface area contributed by atoms with Crippen molar-refractivity contribution in [1.82, 2.24) is 10.6 Å². The van der Waals surface area contributed by atoms with Gasteiger partial charge in [-0.05, 0) is 38.3 Å². The van der Waals surface area contributed by atoms with E-state index in [0.29, 0.717) is 12.8 Å². The summed E-state index contributed by atoms with van der Waals surface area (Å²) in [5, 5.41) is 5.46. The number of amides is 3. The summed E-state index contributed by atoms with van der Waals surface area (Å²) in [4.78, 5) is 36.8. The normalized spacial score (nSPS) is 13.0. The lowest BCUT2D eigenvalue weighted by Gasteiger charge is -2.24. The van der Waals surface area contributed by atoms with Gasteiger partial charge in [0, 0.05) is 18.9 Å². The molecule has 0 saturated heterocycles. The zero-order valence-electron chi connectivity index (χ0n) is 18.3. The number of primary amides is 1. The molecule has 0 fully saturated rings. The molecule has 166 valence electrons. The third-order valence-corrected chi connectivity index (χ3v) is 4.44. The Morgan fingerprint density at radius 2 is 1.39 bits per heavy atom. The predicted molar refractivity (Wildman–Crippen MR) is 119 cm³/mol. The molecule has 2 aromatic rings. The lowest BCUT2D eigenvalue weighted by atomic mass is 10.0. The average molecular weight is 426 g/mol. The van der Waals surface area contributed by atoms with Crippen molar-refractivity contribution < 1.29 is 19.1 Å². The molecule has 2 atom stereocenters. The summed E-state index contributed by atoms with van der Waals surface area (Å²) in [6.07, 6.45) is 0.113.